The average Bonchev–Trinajstić information content (AvgIpc) is 2.93. The summed E-state index contributed by atoms with van der Waals surface area (Å²) in [5.41, 5.74) is 0.339. The van der Waals surface area contributed by atoms with Crippen molar-refractivity contribution in [3.8, 4) is 0 Å². The number of hydrogen-bond acceptors (Lipinski definition) is 4. The van der Waals surface area contributed by atoms with Gasteiger partial charge in [0.05, 0.1) is 0 Å². The van der Waals surface area contributed by atoms with Crippen LogP contribution in [0.1, 0.15) is 61.3 Å². The normalized spacial score (nSPS) is 24.8. The molecule has 2 aliphatic rings. The number of likely N-dealkylation sites (tertiary alicyclic amines) is 2. The quantitative estimate of drug-likeness (QED) is 0.629. The minimum absolute atomic E-state index is 0.0584. The van der Waals surface area contributed by atoms with Gasteiger partial charge in [-0.2, -0.15) is 0 Å². The van der Waals surface area contributed by atoms with Crippen LogP contribution in [0.4, 0.5) is 0 Å². The van der Waals surface area contributed by atoms with Crippen molar-refractivity contribution in [1.82, 2.24) is 20.4 Å². The molecule has 2 amide bonds. The van der Waals surface area contributed by atoms with Gasteiger partial charge in [0.1, 0.15) is 0 Å². The van der Waals surface area contributed by atoms with Crippen molar-refractivity contribution in [1.29, 1.82) is 0 Å². The topological polar surface area (TPSA) is 64.7 Å². The Morgan fingerprint density at radius 1 is 0.821 bits per heavy atom. The lowest BCUT2D eigenvalue weighted by atomic mass is 9.80. The minimum Gasteiger partial charge on any atom is -0.356 e. The van der Waals surface area contributed by atoms with Crippen LogP contribution in [0.25, 0.3) is 0 Å². The molecule has 2 N–H and O–H groups in total. The van der Waals surface area contributed by atoms with Gasteiger partial charge in [-0.25, -0.2) is 0 Å². The van der Waals surface area contributed by atoms with Crippen molar-refractivity contribution in [2.45, 2.75) is 72.4 Å². The van der Waals surface area contributed by atoms with Crippen molar-refractivity contribution in [3.05, 3.63) is 0 Å². The Labute approximate surface area is 171 Å². The number of carbonyl (C=O) groups is 2. The molecular formula is C22H42N4O2. The number of carbonyl (C=O) groups excluding carboxylic acids is 2. The van der Waals surface area contributed by atoms with Crippen LogP contribution in [0.5, 0.6) is 0 Å². The van der Waals surface area contributed by atoms with Crippen molar-refractivity contribution >= 4 is 11.8 Å². The molecule has 2 atom stereocenters. The highest BCUT2D eigenvalue weighted by Crippen LogP contribution is 2.38. The van der Waals surface area contributed by atoms with Crippen molar-refractivity contribution in [2.75, 3.05) is 39.3 Å². The molecule has 0 spiro atoms. The smallest absolute Gasteiger partial charge is 0.216 e. The van der Waals surface area contributed by atoms with Gasteiger partial charge in [0.25, 0.3) is 0 Å². The maximum Gasteiger partial charge on any atom is 0.216 e. The molecule has 162 valence electrons. The molecule has 0 bridgehead atoms. The lowest BCUT2D eigenvalue weighted by molar-refractivity contribution is -0.120. The summed E-state index contributed by atoms with van der Waals surface area (Å²) in [4.78, 5) is 27.8. The zero-order valence-electron chi connectivity index (χ0n) is 19.1. The van der Waals surface area contributed by atoms with Gasteiger partial charge in [0, 0.05) is 70.1 Å². The van der Waals surface area contributed by atoms with Gasteiger partial charge >= 0.3 is 0 Å². The van der Waals surface area contributed by atoms with Crippen molar-refractivity contribution < 1.29 is 9.59 Å². The molecule has 28 heavy (non-hydrogen) atoms. The molecule has 0 aromatic carbocycles. The van der Waals surface area contributed by atoms with Gasteiger partial charge in [-0.3, -0.25) is 19.4 Å². The second-order valence-electron chi connectivity index (χ2n) is 10.3. The van der Waals surface area contributed by atoms with Crippen LogP contribution in [-0.2, 0) is 9.59 Å². The molecular weight excluding hydrogens is 352 g/mol. The van der Waals surface area contributed by atoms with E-state index < -0.39 is 0 Å². The largest absolute Gasteiger partial charge is 0.356 e. The highest BCUT2D eigenvalue weighted by atomic mass is 16.2. The van der Waals surface area contributed by atoms with E-state index in [2.05, 4.69) is 55.1 Å². The zero-order valence-corrected chi connectivity index (χ0v) is 19.1. The number of nitrogens with one attached hydrogen (secondary N) is 2. The molecule has 2 rings (SSSR count). The summed E-state index contributed by atoms with van der Waals surface area (Å²) in [5.74, 6) is 1.78. The molecule has 2 fully saturated rings. The second kappa shape index (κ2) is 9.12. The summed E-state index contributed by atoms with van der Waals surface area (Å²) in [5, 5.41) is 6.01. The molecule has 0 radical (unpaired) electrons. The van der Waals surface area contributed by atoms with Gasteiger partial charge in [0.2, 0.25) is 11.8 Å². The van der Waals surface area contributed by atoms with Crippen molar-refractivity contribution in [3.63, 3.8) is 0 Å². The maximum absolute atomic E-state index is 11.5. The van der Waals surface area contributed by atoms with Crippen LogP contribution in [-0.4, -0.2) is 72.0 Å². The van der Waals surface area contributed by atoms with Gasteiger partial charge in [-0.15, -0.1) is 0 Å². The molecule has 0 saturated carbocycles. The first-order chi connectivity index (χ1) is 12.9. The molecule has 2 heterocycles. The highest BCUT2D eigenvalue weighted by molar-refractivity contribution is 5.73. The third kappa shape index (κ3) is 5.93. The first kappa shape index (κ1) is 23.1. The molecule has 0 aliphatic carbocycles. The van der Waals surface area contributed by atoms with E-state index in [4.69, 9.17) is 0 Å². The minimum atomic E-state index is 0.0584. The molecule has 0 aromatic heterocycles. The fourth-order valence-corrected chi connectivity index (χ4v) is 4.65. The fourth-order valence-electron chi connectivity index (χ4n) is 4.65. The predicted octanol–water partition coefficient (Wildman–Crippen LogP) is 2.10. The Bertz CT molecular complexity index is 555. The highest BCUT2D eigenvalue weighted by Gasteiger charge is 2.44. The Morgan fingerprint density at radius 3 is 1.86 bits per heavy atom. The summed E-state index contributed by atoms with van der Waals surface area (Å²) in [6.07, 6.45) is 2.27. The van der Waals surface area contributed by atoms with Gasteiger partial charge in [0.15, 0.2) is 0 Å². The average molecular weight is 395 g/mol. The van der Waals surface area contributed by atoms with Crippen LogP contribution >= 0.6 is 0 Å². The predicted molar refractivity (Wildman–Crippen MR) is 114 cm³/mol. The molecule has 2 aliphatic heterocycles. The Morgan fingerprint density at radius 2 is 1.32 bits per heavy atom. The van der Waals surface area contributed by atoms with E-state index in [-0.39, 0.29) is 22.9 Å². The number of nitrogens with zero attached hydrogens (tertiary/aromatic N) is 2. The number of rotatable bonds is 9. The summed E-state index contributed by atoms with van der Waals surface area (Å²) in [6, 6.07) is 0. The van der Waals surface area contributed by atoms with E-state index in [1.54, 1.807) is 13.8 Å². The van der Waals surface area contributed by atoms with Crippen LogP contribution in [0.15, 0.2) is 0 Å². The summed E-state index contributed by atoms with van der Waals surface area (Å²) in [6.45, 7) is 20.7. The first-order valence-corrected chi connectivity index (χ1v) is 10.9. The SMILES string of the molecule is CCC(C)(C)N1CC(CNC(C)=O)C(CC(C)(C)N2CC(CNC(C)=O)C2)C1. The number of amides is 2. The van der Waals surface area contributed by atoms with E-state index >= 15 is 0 Å². The molecule has 0 aromatic rings. The third-order valence-electron chi connectivity index (χ3n) is 7.13. The molecule has 2 saturated heterocycles. The Balaban J connectivity index is 1.96. The van der Waals surface area contributed by atoms with E-state index in [1.807, 2.05) is 0 Å². The van der Waals surface area contributed by atoms with Crippen LogP contribution < -0.4 is 10.6 Å². The molecule has 6 heteroatoms. The number of hydrogen-bond donors (Lipinski definition) is 2. The fraction of sp³-hybridized carbons (Fsp3) is 0.909. The summed E-state index contributed by atoms with van der Waals surface area (Å²) >= 11 is 0. The first-order valence-electron chi connectivity index (χ1n) is 10.9. The lowest BCUT2D eigenvalue weighted by Crippen LogP contribution is -2.60. The Kier molecular flexibility index (Phi) is 7.54. The van der Waals surface area contributed by atoms with E-state index in [0.717, 1.165) is 52.1 Å². The van der Waals surface area contributed by atoms with E-state index in [9.17, 15) is 9.59 Å². The van der Waals surface area contributed by atoms with Gasteiger partial charge in [-0.1, -0.05) is 6.92 Å². The van der Waals surface area contributed by atoms with Crippen LogP contribution in [0.2, 0.25) is 0 Å². The second-order valence-corrected chi connectivity index (χ2v) is 10.3. The van der Waals surface area contributed by atoms with E-state index in [1.165, 1.54) is 0 Å². The molecule has 2 unspecified atom stereocenters. The molecule has 6 nitrogen and oxygen atoms in total. The van der Waals surface area contributed by atoms with Crippen LogP contribution in [0, 0.1) is 17.8 Å². The van der Waals surface area contributed by atoms with Gasteiger partial charge < -0.3 is 10.6 Å². The monoisotopic (exact) mass is 394 g/mol. The van der Waals surface area contributed by atoms with Crippen LogP contribution in [0.3, 0.4) is 0 Å². The maximum atomic E-state index is 11.5. The summed E-state index contributed by atoms with van der Waals surface area (Å²) in [7, 11) is 0. The Hall–Kier alpha value is -1.14. The zero-order chi connectivity index (χ0) is 21.1. The standard InChI is InChI=1S/C22H42N4O2/c1-8-21(4,5)26-14-19(20(15-26)11-24-17(3)28)9-22(6,7)25-12-18(13-25)10-23-16(2)27/h18-20H,8-15H2,1-7H3,(H,23,27)(H,24,28). The third-order valence-corrected chi connectivity index (χ3v) is 7.13. The van der Waals surface area contributed by atoms with Crippen molar-refractivity contribution in [2.24, 2.45) is 17.8 Å². The summed E-state index contributed by atoms with van der Waals surface area (Å²) < 4.78 is 0. The van der Waals surface area contributed by atoms with E-state index in [0.29, 0.717) is 17.8 Å². The van der Waals surface area contributed by atoms with Gasteiger partial charge in [-0.05, 0) is 52.4 Å². The lowest BCUT2D eigenvalue weighted by Gasteiger charge is -2.50.